The number of hydrogen-bond acceptors (Lipinski definition) is 7. The molecule has 3 aromatic carbocycles. The van der Waals surface area contributed by atoms with Crippen LogP contribution < -0.4 is 5.32 Å². The van der Waals surface area contributed by atoms with Crippen LogP contribution in [-0.4, -0.2) is 26.7 Å². The van der Waals surface area contributed by atoms with E-state index in [4.69, 9.17) is 0 Å². The van der Waals surface area contributed by atoms with Crippen molar-refractivity contribution in [2.24, 2.45) is 0 Å². The number of phenolic OH excluding ortho intramolecular Hbond substituents is 2. The lowest BCUT2D eigenvalue weighted by Gasteiger charge is -2.22. The minimum Gasteiger partial charge on any atom is -0.504 e. The summed E-state index contributed by atoms with van der Waals surface area (Å²) in [7, 11) is 0. The summed E-state index contributed by atoms with van der Waals surface area (Å²) < 4.78 is 0. The molecule has 0 aromatic heterocycles. The fourth-order valence-electron chi connectivity index (χ4n) is 3.17. The van der Waals surface area contributed by atoms with E-state index in [0.717, 1.165) is 18.2 Å². The number of carbonyl (C=O) groups is 2. The van der Waals surface area contributed by atoms with Gasteiger partial charge in [-0.05, 0) is 24.3 Å². The van der Waals surface area contributed by atoms with E-state index in [0.29, 0.717) is 5.69 Å². The largest absolute Gasteiger partial charge is 0.504 e. The Balaban J connectivity index is 1.95. The number of nitrogens with one attached hydrogen (secondary N) is 1. The topological polar surface area (TPSA) is 130 Å². The van der Waals surface area contributed by atoms with Crippen molar-refractivity contribution >= 4 is 28.6 Å². The van der Waals surface area contributed by atoms with Crippen LogP contribution in [0, 0.1) is 10.1 Å². The van der Waals surface area contributed by atoms with E-state index in [1.54, 1.807) is 30.3 Å². The number of benzene rings is 3. The van der Waals surface area contributed by atoms with Gasteiger partial charge in [0.1, 0.15) is 0 Å². The molecule has 0 unspecified atom stereocenters. The van der Waals surface area contributed by atoms with Gasteiger partial charge in [0.15, 0.2) is 23.1 Å². The van der Waals surface area contributed by atoms with Crippen molar-refractivity contribution in [2.45, 2.75) is 0 Å². The standard InChI is InChI=1S/C20H12N2O6/c23-15-9-14-16(17(20(15)26)21-10-4-2-1-3-5-10)19(25)13-8-11(22(27)28)6-7-12(13)18(14)24/h1-9,21,23,26H. The van der Waals surface area contributed by atoms with Crippen LogP contribution in [0.25, 0.3) is 0 Å². The summed E-state index contributed by atoms with van der Waals surface area (Å²) in [6.45, 7) is 0. The number of phenols is 2. The van der Waals surface area contributed by atoms with E-state index in [1.165, 1.54) is 6.07 Å². The van der Waals surface area contributed by atoms with Gasteiger partial charge < -0.3 is 15.5 Å². The summed E-state index contributed by atoms with van der Waals surface area (Å²) in [5.74, 6) is -2.41. The smallest absolute Gasteiger partial charge is 0.270 e. The molecule has 3 aromatic rings. The van der Waals surface area contributed by atoms with E-state index in [-0.39, 0.29) is 33.6 Å². The number of ketones is 2. The molecule has 28 heavy (non-hydrogen) atoms. The number of rotatable bonds is 3. The second kappa shape index (κ2) is 6.20. The zero-order valence-electron chi connectivity index (χ0n) is 14.2. The molecule has 8 heteroatoms. The van der Waals surface area contributed by atoms with Gasteiger partial charge in [-0.2, -0.15) is 0 Å². The van der Waals surface area contributed by atoms with Gasteiger partial charge in [-0.15, -0.1) is 0 Å². The first-order chi connectivity index (χ1) is 13.4. The van der Waals surface area contributed by atoms with Gasteiger partial charge in [0.05, 0.1) is 16.2 Å². The third-order valence-corrected chi connectivity index (χ3v) is 4.50. The Bertz CT molecular complexity index is 1170. The second-order valence-corrected chi connectivity index (χ2v) is 6.18. The maximum atomic E-state index is 13.1. The van der Waals surface area contributed by atoms with Crippen LogP contribution in [-0.2, 0) is 0 Å². The maximum Gasteiger partial charge on any atom is 0.270 e. The lowest BCUT2D eigenvalue weighted by molar-refractivity contribution is -0.384. The first-order valence-corrected chi connectivity index (χ1v) is 8.17. The Kier molecular flexibility index (Phi) is 3.82. The highest BCUT2D eigenvalue weighted by Crippen LogP contribution is 2.44. The van der Waals surface area contributed by atoms with Crippen molar-refractivity contribution < 1.29 is 24.7 Å². The molecule has 0 saturated carbocycles. The van der Waals surface area contributed by atoms with Gasteiger partial charge in [-0.1, -0.05) is 18.2 Å². The summed E-state index contributed by atoms with van der Waals surface area (Å²) in [4.78, 5) is 36.3. The number of carbonyl (C=O) groups excluding carboxylic acids is 2. The van der Waals surface area contributed by atoms with Crippen LogP contribution in [0.15, 0.2) is 54.6 Å². The molecule has 0 aliphatic heterocycles. The van der Waals surface area contributed by atoms with E-state index >= 15 is 0 Å². The SMILES string of the molecule is O=C1c2ccc([N+](=O)[O-])cc2C(=O)c2c1cc(O)c(O)c2Nc1ccccc1. The Morgan fingerprint density at radius 3 is 2.25 bits per heavy atom. The molecule has 0 saturated heterocycles. The van der Waals surface area contributed by atoms with Gasteiger partial charge in [0.25, 0.3) is 5.69 Å². The lowest BCUT2D eigenvalue weighted by atomic mass is 9.82. The van der Waals surface area contributed by atoms with Crippen molar-refractivity contribution in [3.05, 3.63) is 87.0 Å². The number of non-ortho nitro benzene ring substituents is 1. The summed E-state index contributed by atoms with van der Waals surface area (Å²) in [6, 6.07) is 13.0. The van der Waals surface area contributed by atoms with Crippen LogP contribution in [0.3, 0.4) is 0 Å². The molecule has 0 heterocycles. The summed E-state index contributed by atoms with van der Waals surface area (Å²) >= 11 is 0. The molecular weight excluding hydrogens is 364 g/mol. The minimum atomic E-state index is -0.665. The highest BCUT2D eigenvalue weighted by atomic mass is 16.6. The summed E-state index contributed by atoms with van der Waals surface area (Å²) in [5.41, 5.74) is -0.347. The third-order valence-electron chi connectivity index (χ3n) is 4.50. The van der Waals surface area contributed by atoms with Crippen molar-refractivity contribution in [1.29, 1.82) is 0 Å². The van der Waals surface area contributed by atoms with Gasteiger partial charge >= 0.3 is 0 Å². The molecule has 0 bridgehead atoms. The first-order valence-electron chi connectivity index (χ1n) is 8.17. The van der Waals surface area contributed by atoms with Gasteiger partial charge in [-0.25, -0.2) is 0 Å². The quantitative estimate of drug-likeness (QED) is 0.283. The monoisotopic (exact) mass is 376 g/mol. The number of aromatic hydroxyl groups is 2. The highest BCUT2D eigenvalue weighted by Gasteiger charge is 2.35. The maximum absolute atomic E-state index is 13.1. The molecule has 0 fully saturated rings. The molecule has 0 radical (unpaired) electrons. The van der Waals surface area contributed by atoms with Crippen molar-refractivity contribution in [3.8, 4) is 11.5 Å². The zero-order valence-corrected chi connectivity index (χ0v) is 14.2. The van der Waals surface area contributed by atoms with E-state index in [1.807, 2.05) is 0 Å². The average molecular weight is 376 g/mol. The molecule has 1 aliphatic carbocycles. The zero-order chi connectivity index (χ0) is 20.0. The number of nitro groups is 1. The van der Waals surface area contributed by atoms with Crippen LogP contribution in [0.2, 0.25) is 0 Å². The van der Waals surface area contributed by atoms with Crippen molar-refractivity contribution in [2.75, 3.05) is 5.32 Å². The number of para-hydroxylation sites is 1. The molecule has 138 valence electrons. The van der Waals surface area contributed by atoms with Crippen molar-refractivity contribution in [1.82, 2.24) is 0 Å². The summed E-state index contributed by atoms with van der Waals surface area (Å²) in [5, 5.41) is 34.3. The van der Waals surface area contributed by atoms with Gasteiger partial charge in [0.2, 0.25) is 0 Å². The van der Waals surface area contributed by atoms with E-state index in [9.17, 15) is 29.9 Å². The Morgan fingerprint density at radius 2 is 1.57 bits per heavy atom. The number of nitrogens with zero attached hydrogens (tertiary/aromatic N) is 1. The Hall–Kier alpha value is -4.20. The number of hydrogen-bond donors (Lipinski definition) is 3. The fourth-order valence-corrected chi connectivity index (χ4v) is 3.17. The number of anilines is 2. The molecule has 4 rings (SSSR count). The van der Waals surface area contributed by atoms with Crippen LogP contribution in [0.5, 0.6) is 11.5 Å². The van der Waals surface area contributed by atoms with E-state index < -0.39 is 28.0 Å². The summed E-state index contributed by atoms with van der Waals surface area (Å²) in [6.07, 6.45) is 0. The number of nitro benzene ring substituents is 1. The molecule has 3 N–H and O–H groups in total. The minimum absolute atomic E-state index is 0.00106. The molecular formula is C20H12N2O6. The molecule has 0 amide bonds. The molecule has 0 atom stereocenters. The van der Waals surface area contributed by atoms with Crippen molar-refractivity contribution in [3.63, 3.8) is 0 Å². The van der Waals surface area contributed by atoms with Gasteiger partial charge in [0, 0.05) is 34.5 Å². The normalized spacial score (nSPS) is 12.3. The van der Waals surface area contributed by atoms with E-state index in [2.05, 4.69) is 5.32 Å². The second-order valence-electron chi connectivity index (χ2n) is 6.18. The fraction of sp³-hybridized carbons (Fsp3) is 0. The first kappa shape index (κ1) is 17.2. The number of fused-ring (bicyclic) bond motifs is 2. The van der Waals surface area contributed by atoms with Crippen LogP contribution in [0.1, 0.15) is 31.8 Å². The Labute approximate surface area is 157 Å². The van der Waals surface area contributed by atoms with Crippen LogP contribution in [0.4, 0.5) is 17.1 Å². The van der Waals surface area contributed by atoms with Crippen LogP contribution >= 0.6 is 0 Å². The average Bonchev–Trinajstić information content (AvgIpc) is 2.69. The lowest BCUT2D eigenvalue weighted by Crippen LogP contribution is -2.22. The molecule has 0 spiro atoms. The third kappa shape index (κ3) is 2.55. The molecule has 1 aliphatic rings. The predicted octanol–water partition coefficient (Wildman–Crippen LogP) is 3.53. The Morgan fingerprint density at radius 1 is 0.857 bits per heavy atom. The predicted molar refractivity (Wildman–Crippen MR) is 99.5 cm³/mol. The van der Waals surface area contributed by atoms with Gasteiger partial charge in [-0.3, -0.25) is 19.7 Å². The highest BCUT2D eigenvalue weighted by molar-refractivity contribution is 6.31. The molecule has 8 nitrogen and oxygen atoms in total.